The predicted octanol–water partition coefficient (Wildman–Crippen LogP) is 2.50. The fraction of sp³-hybridized carbons (Fsp3) is 1.00. The molecule has 0 rings (SSSR count). The van der Waals surface area contributed by atoms with Crippen LogP contribution in [0.5, 0.6) is 0 Å². The van der Waals surface area contributed by atoms with Gasteiger partial charge in [0.25, 0.3) is 0 Å². The molecule has 0 fully saturated rings. The molecule has 0 aliphatic carbocycles. The molecule has 7 heteroatoms. The van der Waals surface area contributed by atoms with Crippen molar-refractivity contribution in [3.63, 3.8) is 0 Å². The van der Waals surface area contributed by atoms with Crippen molar-refractivity contribution < 1.29 is 14.4 Å². The van der Waals surface area contributed by atoms with E-state index in [0.717, 1.165) is 0 Å². The first-order valence-corrected chi connectivity index (χ1v) is 10.0. The summed E-state index contributed by atoms with van der Waals surface area (Å²) < 4.78 is 8.74. The topological polar surface area (TPSA) is 57.5 Å². The summed E-state index contributed by atoms with van der Waals surface area (Å²) in [5, 5.41) is 0. The van der Waals surface area contributed by atoms with Gasteiger partial charge >= 0.3 is 8.25 Å². The van der Waals surface area contributed by atoms with Crippen LogP contribution in [0, 0.1) is 0 Å². The highest BCUT2D eigenvalue weighted by Gasteiger charge is 1.66. The lowest BCUT2D eigenvalue weighted by atomic mass is 11.9. The largest absolute Gasteiger partial charge is 0.326 e. The second kappa shape index (κ2) is 19.0. The third-order valence-corrected chi connectivity index (χ3v) is 0. The molecule has 2 N–H and O–H groups in total. The Bertz CT molecular complexity index is 85.6. The maximum absolute atomic E-state index is 8.74. The van der Waals surface area contributed by atoms with Crippen molar-refractivity contribution in [2.24, 2.45) is 0 Å². The number of hydrogen-bond acceptors (Lipinski definition) is 1. The van der Waals surface area contributed by atoms with E-state index in [9.17, 15) is 0 Å². The Morgan fingerprint density at radius 3 is 0.846 bits per heavy atom. The molecule has 86 valence electrons. The minimum Gasteiger partial charge on any atom is -0.326 e. The van der Waals surface area contributed by atoms with Gasteiger partial charge in [0.2, 0.25) is 0 Å². The van der Waals surface area contributed by atoms with Crippen molar-refractivity contribution in [3.05, 3.63) is 0 Å². The summed E-state index contributed by atoms with van der Waals surface area (Å²) in [4.78, 5) is 14.3. The molecule has 0 saturated carbocycles. The van der Waals surface area contributed by atoms with E-state index < -0.39 is 8.25 Å². The fourth-order valence-electron chi connectivity index (χ4n) is 0. The molecule has 0 atom stereocenters. The lowest BCUT2D eigenvalue weighted by molar-refractivity contribution is 0.405. The molecule has 0 aromatic heterocycles. The van der Waals surface area contributed by atoms with Crippen molar-refractivity contribution in [1.82, 2.24) is 0 Å². The van der Waals surface area contributed by atoms with Crippen LogP contribution in [0.15, 0.2) is 0 Å². The van der Waals surface area contributed by atoms with Crippen molar-refractivity contribution in [3.8, 4) is 0 Å². The minimum absolute atomic E-state index is 0. The Kier molecular flexibility index (Phi) is 34.8. The van der Waals surface area contributed by atoms with Gasteiger partial charge in [-0.2, -0.15) is 0 Å². The molecule has 0 radical (unpaired) electrons. The predicted molar refractivity (Wildman–Crippen MR) is 70.1 cm³/mol. The SMILES string of the molecule is CP(C)C.CP(C)C.Cl.O=[PH](O)O. The highest BCUT2D eigenvalue weighted by atomic mass is 35.5. The molecule has 0 aromatic carbocycles. The van der Waals surface area contributed by atoms with Gasteiger partial charge in [0.05, 0.1) is 0 Å². The molecule has 0 heterocycles. The Morgan fingerprint density at radius 2 is 0.846 bits per heavy atom. The normalized spacial score (nSPS) is 8.23. The van der Waals surface area contributed by atoms with Crippen LogP contribution in [-0.4, -0.2) is 49.8 Å². The standard InChI is InChI=1S/2C3H9P.ClH.H3O3P/c2*1-4(2)3;;1-4(2)3/h2*1-3H3;1H;4H,(H2,1,2,3). The zero-order valence-electron chi connectivity index (χ0n) is 9.11. The Hall–Kier alpha value is 1.30. The van der Waals surface area contributed by atoms with Crippen molar-refractivity contribution in [1.29, 1.82) is 0 Å². The second-order valence-corrected chi connectivity index (χ2v) is 8.90. The first-order chi connectivity index (χ1) is 5.20. The summed E-state index contributed by atoms with van der Waals surface area (Å²) in [6.45, 7) is 13.4. The number of halogens is 1. The van der Waals surface area contributed by atoms with Gasteiger partial charge in [0, 0.05) is 0 Å². The zero-order valence-corrected chi connectivity index (χ0v) is 12.7. The van der Waals surface area contributed by atoms with E-state index in [0.29, 0.717) is 15.8 Å². The van der Waals surface area contributed by atoms with Gasteiger partial charge in [-0.3, -0.25) is 4.57 Å². The zero-order chi connectivity index (χ0) is 10.7. The lowest BCUT2D eigenvalue weighted by Gasteiger charge is -1.81. The van der Waals surface area contributed by atoms with Crippen LogP contribution in [0.2, 0.25) is 0 Å². The third-order valence-electron chi connectivity index (χ3n) is 0. The highest BCUT2D eigenvalue weighted by molar-refractivity contribution is 7.55. The van der Waals surface area contributed by atoms with Crippen molar-refractivity contribution in [2.75, 3.05) is 40.0 Å². The molecule has 0 aliphatic heterocycles. The molecular formula is C6H22ClO3P3. The van der Waals surface area contributed by atoms with Gasteiger partial charge < -0.3 is 9.79 Å². The van der Waals surface area contributed by atoms with Crippen LogP contribution in [-0.2, 0) is 4.57 Å². The number of rotatable bonds is 0. The summed E-state index contributed by atoms with van der Waals surface area (Å²) in [6, 6.07) is 0. The summed E-state index contributed by atoms with van der Waals surface area (Å²) in [5.41, 5.74) is 0. The van der Waals surface area contributed by atoms with Gasteiger partial charge in [-0.25, -0.2) is 0 Å². The minimum atomic E-state index is -3.13. The van der Waals surface area contributed by atoms with Crippen molar-refractivity contribution in [2.45, 2.75) is 0 Å². The van der Waals surface area contributed by atoms with E-state index >= 15 is 0 Å². The van der Waals surface area contributed by atoms with Crippen LogP contribution < -0.4 is 0 Å². The summed E-state index contributed by atoms with van der Waals surface area (Å²) in [6.07, 6.45) is 0. The lowest BCUT2D eigenvalue weighted by Crippen LogP contribution is -1.48. The van der Waals surface area contributed by atoms with Gasteiger partial charge in [-0.1, -0.05) is 0 Å². The second-order valence-electron chi connectivity index (χ2n) is 2.97. The van der Waals surface area contributed by atoms with E-state index in [4.69, 9.17) is 14.4 Å². The average molecular weight is 271 g/mol. The van der Waals surface area contributed by atoms with Crippen LogP contribution in [0.3, 0.4) is 0 Å². The van der Waals surface area contributed by atoms with E-state index in [1.54, 1.807) is 0 Å². The molecule has 0 unspecified atom stereocenters. The van der Waals surface area contributed by atoms with Gasteiger partial charge in [-0.15, -0.1) is 28.3 Å². The van der Waals surface area contributed by atoms with Crippen LogP contribution >= 0.6 is 36.5 Å². The summed E-state index contributed by atoms with van der Waals surface area (Å²) in [7, 11) is -2.37. The highest BCUT2D eigenvalue weighted by Crippen LogP contribution is 2.15. The maximum Gasteiger partial charge on any atom is 0.314 e. The summed E-state index contributed by atoms with van der Waals surface area (Å²) in [5.74, 6) is 0. The van der Waals surface area contributed by atoms with Crippen LogP contribution in [0.25, 0.3) is 0 Å². The first-order valence-electron chi connectivity index (χ1n) is 3.33. The molecular weight excluding hydrogens is 248 g/mol. The number of hydrogen-bond donors (Lipinski definition) is 2. The first kappa shape index (κ1) is 23.8. The molecule has 3 nitrogen and oxygen atoms in total. The van der Waals surface area contributed by atoms with E-state index in [1.807, 2.05) is 0 Å². The quantitative estimate of drug-likeness (QED) is 0.665. The van der Waals surface area contributed by atoms with E-state index in [1.165, 1.54) is 0 Å². The van der Waals surface area contributed by atoms with Crippen LogP contribution in [0.4, 0.5) is 0 Å². The molecule has 0 spiro atoms. The molecule has 0 bridgehead atoms. The molecule has 0 saturated heterocycles. The van der Waals surface area contributed by atoms with Gasteiger partial charge in [0.15, 0.2) is 0 Å². The summed E-state index contributed by atoms with van der Waals surface area (Å²) >= 11 is 0. The smallest absolute Gasteiger partial charge is 0.314 e. The molecule has 0 aliphatic rings. The van der Waals surface area contributed by atoms with E-state index in [2.05, 4.69) is 40.0 Å². The Balaban J connectivity index is -0.0000000450. The Morgan fingerprint density at radius 1 is 0.846 bits per heavy atom. The maximum atomic E-state index is 8.74. The molecule has 0 aromatic rings. The molecule has 13 heavy (non-hydrogen) atoms. The van der Waals surface area contributed by atoms with E-state index in [-0.39, 0.29) is 12.4 Å². The fourth-order valence-corrected chi connectivity index (χ4v) is 0. The average Bonchev–Trinajstić information content (AvgIpc) is 1.54. The van der Waals surface area contributed by atoms with Crippen molar-refractivity contribution >= 4 is 36.5 Å². The Labute approximate surface area is 91.2 Å². The third kappa shape index (κ3) is 1000. The van der Waals surface area contributed by atoms with Gasteiger partial charge in [-0.05, 0) is 40.0 Å². The van der Waals surface area contributed by atoms with Crippen LogP contribution in [0.1, 0.15) is 0 Å². The van der Waals surface area contributed by atoms with Gasteiger partial charge in [0.1, 0.15) is 0 Å². The molecule has 0 amide bonds. The monoisotopic (exact) mass is 270 g/mol.